The topological polar surface area (TPSA) is 93.6 Å². The number of nitrogens with zero attached hydrogens (tertiary/aromatic N) is 4. The summed E-state index contributed by atoms with van der Waals surface area (Å²) >= 11 is 1.68. The van der Waals surface area contributed by atoms with Crippen molar-refractivity contribution in [2.24, 2.45) is 17.8 Å². The molecule has 3 amide bonds. The lowest BCUT2D eigenvalue weighted by atomic mass is 9.65. The summed E-state index contributed by atoms with van der Waals surface area (Å²) in [5, 5.41) is 10.2. The number of aliphatic hydroxyl groups is 1. The molecule has 0 aromatic carbocycles. The molecule has 9 nitrogen and oxygen atoms in total. The van der Waals surface area contributed by atoms with E-state index in [0.717, 1.165) is 32.5 Å². The Morgan fingerprint density at radius 1 is 1.18 bits per heavy atom. The highest BCUT2D eigenvalue weighted by Gasteiger charge is 2.76. The van der Waals surface area contributed by atoms with E-state index in [-0.39, 0.29) is 35.5 Å². The van der Waals surface area contributed by atoms with E-state index in [1.54, 1.807) is 35.7 Å². The first kappa shape index (κ1) is 30.1. The molecule has 2 bridgehead atoms. The van der Waals surface area contributed by atoms with Crippen LogP contribution in [0, 0.1) is 17.8 Å². The van der Waals surface area contributed by atoms with Crippen molar-refractivity contribution in [3.63, 3.8) is 0 Å². The van der Waals surface area contributed by atoms with Crippen LogP contribution in [0.2, 0.25) is 0 Å². The van der Waals surface area contributed by atoms with Gasteiger partial charge in [-0.1, -0.05) is 26.0 Å². The summed E-state index contributed by atoms with van der Waals surface area (Å²) in [6.07, 6.45) is 5.07. The molecule has 4 saturated heterocycles. The largest absolute Gasteiger partial charge is 0.394 e. The van der Waals surface area contributed by atoms with E-state index in [2.05, 4.69) is 25.0 Å². The van der Waals surface area contributed by atoms with Crippen molar-refractivity contribution in [1.82, 2.24) is 19.6 Å². The van der Waals surface area contributed by atoms with Crippen LogP contribution in [0.25, 0.3) is 0 Å². The molecule has 7 atom stereocenters. The fourth-order valence-electron chi connectivity index (χ4n) is 7.22. The van der Waals surface area contributed by atoms with Crippen molar-refractivity contribution in [3.05, 3.63) is 25.3 Å². The third-order valence-electron chi connectivity index (χ3n) is 9.05. The molecular formula is C29H46N4O5S. The van der Waals surface area contributed by atoms with Gasteiger partial charge in [-0.05, 0) is 25.7 Å². The zero-order valence-corrected chi connectivity index (χ0v) is 24.6. The first-order chi connectivity index (χ1) is 18.8. The fraction of sp³-hybridized carbons (Fsp3) is 0.759. The van der Waals surface area contributed by atoms with E-state index >= 15 is 0 Å². The second-order valence-corrected chi connectivity index (χ2v) is 13.0. The average molecular weight is 563 g/mol. The van der Waals surface area contributed by atoms with Crippen LogP contribution in [-0.4, -0.2) is 130 Å². The Labute approximate surface area is 237 Å². The van der Waals surface area contributed by atoms with E-state index in [1.165, 1.54) is 0 Å². The molecule has 0 saturated carbocycles. The third kappa shape index (κ3) is 5.29. The number of hydrogen-bond acceptors (Lipinski definition) is 7. The smallest absolute Gasteiger partial charge is 0.247 e. The summed E-state index contributed by atoms with van der Waals surface area (Å²) in [6.45, 7) is 19.1. The van der Waals surface area contributed by atoms with Gasteiger partial charge in [-0.15, -0.1) is 24.9 Å². The normalized spacial score (nSPS) is 32.7. The number of hydrogen-bond donors (Lipinski definition) is 1. The molecule has 0 aromatic heterocycles. The molecule has 0 radical (unpaired) electrons. The second kappa shape index (κ2) is 12.7. The van der Waals surface area contributed by atoms with Crippen molar-refractivity contribution in [2.45, 2.75) is 55.7 Å². The van der Waals surface area contributed by atoms with Gasteiger partial charge in [-0.25, -0.2) is 0 Å². The van der Waals surface area contributed by atoms with Crippen molar-refractivity contribution in [2.75, 3.05) is 65.6 Å². The highest BCUT2D eigenvalue weighted by molar-refractivity contribution is 8.02. The number of aliphatic hydroxyl groups excluding tert-OH is 1. The van der Waals surface area contributed by atoms with Crippen LogP contribution in [0.15, 0.2) is 25.3 Å². The van der Waals surface area contributed by atoms with Crippen LogP contribution in [0.3, 0.4) is 0 Å². The van der Waals surface area contributed by atoms with Crippen molar-refractivity contribution < 1.29 is 24.2 Å². The lowest BCUT2D eigenvalue weighted by Crippen LogP contribution is -2.59. The zero-order valence-electron chi connectivity index (χ0n) is 23.8. The summed E-state index contributed by atoms with van der Waals surface area (Å²) in [7, 11) is 0. The predicted molar refractivity (Wildman–Crippen MR) is 153 cm³/mol. The van der Waals surface area contributed by atoms with Gasteiger partial charge in [0.2, 0.25) is 17.7 Å². The summed E-state index contributed by atoms with van der Waals surface area (Å²) in [6, 6.07) is -1.26. The summed E-state index contributed by atoms with van der Waals surface area (Å²) < 4.78 is 4.77. The van der Waals surface area contributed by atoms with Gasteiger partial charge in [0.25, 0.3) is 0 Å². The predicted octanol–water partition coefficient (Wildman–Crippen LogP) is 1.48. The van der Waals surface area contributed by atoms with Gasteiger partial charge in [0, 0.05) is 51.1 Å². The molecule has 0 aromatic rings. The van der Waals surface area contributed by atoms with Crippen molar-refractivity contribution in [1.29, 1.82) is 0 Å². The molecule has 10 heteroatoms. The Kier molecular flexibility index (Phi) is 9.83. The summed E-state index contributed by atoms with van der Waals surface area (Å²) in [5.74, 6) is -1.26. The number of likely N-dealkylation sites (tertiary alicyclic amines) is 1. The maximum Gasteiger partial charge on any atom is 0.247 e. The standard InChI is InChI=1S/C29H46N4O5S/c1-6-9-31(10-7-2)26(35)23-22-18-20(4)29(39-22)24(23)27(36)33(21(5)19-34)25(29)28(37)32(11-8-3)13-12-30-14-16-38-17-15-30/h6,8,20-25,34H,1,3,7,9-19H2,2,4-5H3/t20?,21-,22+,23-,24+,25?,29?/m1/s1. The Morgan fingerprint density at radius 2 is 1.82 bits per heavy atom. The molecule has 3 unspecified atom stereocenters. The Hall–Kier alpha value is -1.88. The molecule has 4 fully saturated rings. The van der Waals surface area contributed by atoms with Gasteiger partial charge in [-0.2, -0.15) is 0 Å². The number of thioether (sulfide) groups is 1. The molecule has 1 N–H and O–H groups in total. The molecular weight excluding hydrogens is 516 g/mol. The molecule has 4 heterocycles. The van der Waals surface area contributed by atoms with Gasteiger partial charge < -0.3 is 24.5 Å². The maximum atomic E-state index is 14.5. The molecule has 0 aliphatic carbocycles. The number of morpholine rings is 1. The second-order valence-electron chi connectivity index (χ2n) is 11.4. The van der Waals surface area contributed by atoms with Gasteiger partial charge in [0.15, 0.2) is 0 Å². The van der Waals surface area contributed by atoms with Crippen molar-refractivity contribution in [3.8, 4) is 0 Å². The number of amides is 3. The van der Waals surface area contributed by atoms with Crippen LogP contribution >= 0.6 is 11.8 Å². The minimum absolute atomic E-state index is 0.00583. The molecule has 218 valence electrons. The van der Waals surface area contributed by atoms with Crippen molar-refractivity contribution >= 4 is 29.5 Å². The van der Waals surface area contributed by atoms with Gasteiger partial charge in [0.1, 0.15) is 6.04 Å². The molecule has 4 aliphatic rings. The van der Waals surface area contributed by atoms with Crippen LogP contribution in [-0.2, 0) is 19.1 Å². The highest BCUT2D eigenvalue weighted by atomic mass is 32.2. The van der Waals surface area contributed by atoms with Crippen LogP contribution in [0.1, 0.15) is 33.6 Å². The minimum Gasteiger partial charge on any atom is -0.394 e. The first-order valence-corrected chi connectivity index (χ1v) is 15.3. The molecule has 4 rings (SSSR count). The summed E-state index contributed by atoms with van der Waals surface area (Å²) in [4.78, 5) is 50.3. The van der Waals surface area contributed by atoms with E-state index in [0.29, 0.717) is 39.4 Å². The number of ether oxygens (including phenoxy) is 1. The van der Waals surface area contributed by atoms with Crippen LogP contribution in [0.5, 0.6) is 0 Å². The van der Waals surface area contributed by atoms with E-state index < -0.39 is 28.7 Å². The quantitative estimate of drug-likeness (QED) is 0.340. The number of carbonyl (C=O) groups excluding carboxylic acids is 3. The van der Waals surface area contributed by atoms with Crippen LogP contribution < -0.4 is 0 Å². The van der Waals surface area contributed by atoms with E-state index in [1.807, 2.05) is 16.7 Å². The molecule has 4 aliphatic heterocycles. The lowest BCUT2D eigenvalue weighted by molar-refractivity contribution is -0.146. The number of rotatable bonds is 13. The summed E-state index contributed by atoms with van der Waals surface area (Å²) in [5.41, 5.74) is 0. The Bertz CT molecular complexity index is 943. The highest BCUT2D eigenvalue weighted by Crippen LogP contribution is 2.69. The monoisotopic (exact) mass is 562 g/mol. The molecule has 39 heavy (non-hydrogen) atoms. The third-order valence-corrected chi connectivity index (χ3v) is 11.1. The van der Waals surface area contributed by atoms with E-state index in [4.69, 9.17) is 4.74 Å². The minimum atomic E-state index is -0.733. The Morgan fingerprint density at radius 3 is 2.41 bits per heavy atom. The molecule has 1 spiro atoms. The maximum absolute atomic E-state index is 14.5. The Balaban J connectivity index is 1.69. The van der Waals surface area contributed by atoms with Gasteiger partial charge in [0.05, 0.1) is 42.4 Å². The van der Waals surface area contributed by atoms with Gasteiger partial charge >= 0.3 is 0 Å². The zero-order chi connectivity index (χ0) is 28.3. The lowest BCUT2D eigenvalue weighted by Gasteiger charge is -2.42. The number of fused-ring (bicyclic) bond motifs is 1. The SMILES string of the molecule is C=CCN(CCN1CCOCC1)C(=O)C1N([C@H](C)CO)C(=O)[C@@H]2[C@H](C(=O)N(CC=C)CCC)[C@@H]3CC(C)C12S3. The number of carbonyl (C=O) groups is 3. The first-order valence-electron chi connectivity index (χ1n) is 14.5. The fourth-order valence-corrected chi connectivity index (χ4v) is 9.61. The van der Waals surface area contributed by atoms with Crippen LogP contribution in [0.4, 0.5) is 0 Å². The van der Waals surface area contributed by atoms with Gasteiger partial charge in [-0.3, -0.25) is 19.3 Å². The average Bonchev–Trinajstić information content (AvgIpc) is 3.53. The van der Waals surface area contributed by atoms with E-state index in [9.17, 15) is 19.5 Å².